The summed E-state index contributed by atoms with van der Waals surface area (Å²) in [7, 11) is 1.44. The van der Waals surface area contributed by atoms with Gasteiger partial charge in [0.15, 0.2) is 0 Å². The fraction of sp³-hybridized carbons (Fsp3) is 0.889. The molecule has 1 fully saturated rings. The van der Waals surface area contributed by atoms with E-state index in [0.717, 1.165) is 19.4 Å². The lowest BCUT2D eigenvalue weighted by atomic mass is 9.94. The van der Waals surface area contributed by atoms with Crippen LogP contribution in [0.15, 0.2) is 0 Å². The second kappa shape index (κ2) is 4.82. The molecule has 1 unspecified atom stereocenters. The fourth-order valence-corrected chi connectivity index (χ4v) is 2.04. The Hall–Kier alpha value is -0.280. The maximum atomic E-state index is 11.2. The summed E-state index contributed by atoms with van der Waals surface area (Å²) in [5, 5.41) is 0. The Morgan fingerprint density at radius 2 is 2.31 bits per heavy atom. The van der Waals surface area contributed by atoms with Crippen LogP contribution in [0.4, 0.5) is 0 Å². The number of alkyl halides is 1. The molecule has 0 spiro atoms. The van der Waals surface area contributed by atoms with Gasteiger partial charge in [0.05, 0.1) is 19.0 Å². The van der Waals surface area contributed by atoms with Crippen LogP contribution >= 0.6 is 11.6 Å². The predicted octanol–water partition coefficient (Wildman–Crippen LogP) is 1.46. The molecule has 0 saturated carbocycles. The molecule has 1 aliphatic heterocycles. The van der Waals surface area contributed by atoms with Gasteiger partial charge in [-0.25, -0.2) is 0 Å². The van der Waals surface area contributed by atoms with E-state index < -0.39 is 0 Å². The number of carbonyl (C=O) groups excluding carboxylic acids is 1. The number of carbonyl (C=O) groups is 1. The number of halogens is 1. The first-order chi connectivity index (χ1) is 6.19. The molecule has 0 aromatic rings. The Balaban J connectivity index is 2.49. The van der Waals surface area contributed by atoms with E-state index in [1.54, 1.807) is 0 Å². The van der Waals surface area contributed by atoms with Gasteiger partial charge in [0.2, 0.25) is 0 Å². The molecule has 4 heteroatoms. The predicted molar refractivity (Wildman–Crippen MR) is 51.6 cm³/mol. The molecule has 0 N–H and O–H groups in total. The molecule has 1 heterocycles. The zero-order chi connectivity index (χ0) is 9.84. The number of rotatable bonds is 2. The molecule has 0 radical (unpaired) electrons. The molecule has 0 aliphatic carbocycles. The van der Waals surface area contributed by atoms with E-state index in [4.69, 9.17) is 16.3 Å². The molecule has 0 bridgehead atoms. The molecular formula is C9H16ClNO2. The van der Waals surface area contributed by atoms with E-state index in [9.17, 15) is 4.79 Å². The molecule has 2 atom stereocenters. The summed E-state index contributed by atoms with van der Waals surface area (Å²) in [5.41, 5.74) is 0. The van der Waals surface area contributed by atoms with E-state index in [1.807, 2.05) is 0 Å². The smallest absolute Gasteiger partial charge is 0.309 e. The number of piperidine rings is 1. The van der Waals surface area contributed by atoms with Crippen molar-refractivity contribution in [1.29, 1.82) is 0 Å². The molecule has 13 heavy (non-hydrogen) atoms. The van der Waals surface area contributed by atoms with Gasteiger partial charge in [-0.2, -0.15) is 0 Å². The first-order valence-corrected chi connectivity index (χ1v) is 5.10. The lowest BCUT2D eigenvalue weighted by Gasteiger charge is -2.35. The number of methoxy groups -OCH3 is 1. The lowest BCUT2D eigenvalue weighted by Crippen LogP contribution is -2.43. The van der Waals surface area contributed by atoms with Gasteiger partial charge in [-0.05, 0) is 19.8 Å². The number of ether oxygens (including phenoxy) is 1. The summed E-state index contributed by atoms with van der Waals surface area (Å²) in [6.45, 7) is 2.87. The van der Waals surface area contributed by atoms with Crippen molar-refractivity contribution in [2.75, 3.05) is 19.7 Å². The highest BCUT2D eigenvalue weighted by Gasteiger charge is 2.29. The maximum absolute atomic E-state index is 11.2. The van der Waals surface area contributed by atoms with Crippen molar-refractivity contribution in [3.8, 4) is 0 Å². The summed E-state index contributed by atoms with van der Waals surface area (Å²) in [4.78, 5) is 13.3. The van der Waals surface area contributed by atoms with E-state index in [2.05, 4.69) is 11.8 Å². The molecule has 1 saturated heterocycles. The van der Waals surface area contributed by atoms with Gasteiger partial charge in [0, 0.05) is 12.6 Å². The Bertz CT molecular complexity index is 186. The number of nitrogens with zero attached hydrogens (tertiary/aromatic N) is 1. The van der Waals surface area contributed by atoms with Crippen molar-refractivity contribution in [2.24, 2.45) is 5.92 Å². The van der Waals surface area contributed by atoms with E-state index in [1.165, 1.54) is 7.11 Å². The topological polar surface area (TPSA) is 29.5 Å². The van der Waals surface area contributed by atoms with Gasteiger partial charge >= 0.3 is 5.97 Å². The van der Waals surface area contributed by atoms with Crippen molar-refractivity contribution in [3.05, 3.63) is 0 Å². The van der Waals surface area contributed by atoms with Crippen molar-refractivity contribution < 1.29 is 9.53 Å². The number of esters is 1. The molecule has 1 aliphatic rings. The van der Waals surface area contributed by atoms with Crippen LogP contribution in [-0.4, -0.2) is 36.6 Å². The van der Waals surface area contributed by atoms with Crippen LogP contribution in [0.3, 0.4) is 0 Å². The minimum absolute atomic E-state index is 0.0138. The highest BCUT2D eigenvalue weighted by Crippen LogP contribution is 2.22. The van der Waals surface area contributed by atoms with E-state index in [0.29, 0.717) is 12.0 Å². The standard InChI is InChI=1S/C9H16ClNO2/c1-7-3-4-8(9(12)13-2)5-11(7)6-10/h7-8H,3-6H2,1-2H3/t7?,8-/m1/s1. The Kier molecular flexibility index (Phi) is 4.00. The third-order valence-corrected chi connectivity index (χ3v) is 3.01. The van der Waals surface area contributed by atoms with Gasteiger partial charge in [-0.1, -0.05) is 0 Å². The first kappa shape index (κ1) is 10.8. The average molecular weight is 206 g/mol. The summed E-state index contributed by atoms with van der Waals surface area (Å²) >= 11 is 5.76. The molecule has 0 aromatic heterocycles. The Morgan fingerprint density at radius 1 is 1.62 bits per heavy atom. The average Bonchev–Trinajstić information content (AvgIpc) is 2.17. The van der Waals surface area contributed by atoms with Crippen LogP contribution in [0, 0.1) is 5.92 Å². The van der Waals surface area contributed by atoms with Crippen LogP contribution in [-0.2, 0) is 9.53 Å². The van der Waals surface area contributed by atoms with Gasteiger partial charge < -0.3 is 4.74 Å². The third kappa shape index (κ3) is 2.58. The maximum Gasteiger partial charge on any atom is 0.309 e. The van der Waals surface area contributed by atoms with Crippen LogP contribution in [0.1, 0.15) is 19.8 Å². The zero-order valence-corrected chi connectivity index (χ0v) is 8.88. The number of hydrogen-bond donors (Lipinski definition) is 0. The van der Waals surface area contributed by atoms with Gasteiger partial charge in [-0.3, -0.25) is 9.69 Å². The van der Waals surface area contributed by atoms with Crippen LogP contribution in [0.2, 0.25) is 0 Å². The summed E-state index contributed by atoms with van der Waals surface area (Å²) in [6.07, 6.45) is 1.94. The molecule has 1 rings (SSSR count). The quantitative estimate of drug-likeness (QED) is 0.388. The molecule has 0 amide bonds. The fourth-order valence-electron chi connectivity index (χ4n) is 1.70. The highest BCUT2D eigenvalue weighted by atomic mass is 35.5. The SMILES string of the molecule is COC(=O)[C@@H]1CCC(C)N(CCl)C1. The van der Waals surface area contributed by atoms with Crippen LogP contribution in [0.5, 0.6) is 0 Å². The largest absolute Gasteiger partial charge is 0.469 e. The number of likely N-dealkylation sites (tertiary alicyclic amines) is 1. The van der Waals surface area contributed by atoms with Crippen molar-refractivity contribution in [3.63, 3.8) is 0 Å². The van der Waals surface area contributed by atoms with Crippen LogP contribution in [0.25, 0.3) is 0 Å². The summed E-state index contributed by atoms with van der Waals surface area (Å²) < 4.78 is 4.71. The second-order valence-corrected chi connectivity index (χ2v) is 3.78. The van der Waals surface area contributed by atoms with Crippen molar-refractivity contribution in [1.82, 2.24) is 4.90 Å². The highest BCUT2D eigenvalue weighted by molar-refractivity contribution is 6.17. The molecular weight excluding hydrogens is 190 g/mol. The third-order valence-electron chi connectivity index (χ3n) is 2.70. The summed E-state index contributed by atoms with van der Waals surface area (Å²) in [6, 6.07) is 0.979. The minimum Gasteiger partial charge on any atom is -0.469 e. The lowest BCUT2D eigenvalue weighted by molar-refractivity contribution is -0.147. The first-order valence-electron chi connectivity index (χ1n) is 4.57. The van der Waals surface area contributed by atoms with Crippen molar-refractivity contribution >= 4 is 17.6 Å². The zero-order valence-electron chi connectivity index (χ0n) is 8.12. The minimum atomic E-state index is -0.109. The Morgan fingerprint density at radius 3 is 2.85 bits per heavy atom. The van der Waals surface area contributed by atoms with Crippen LogP contribution < -0.4 is 0 Å². The Labute approximate surface area is 84.0 Å². The van der Waals surface area contributed by atoms with E-state index in [-0.39, 0.29) is 11.9 Å². The second-order valence-electron chi connectivity index (χ2n) is 3.54. The van der Waals surface area contributed by atoms with Crippen molar-refractivity contribution in [2.45, 2.75) is 25.8 Å². The molecule has 76 valence electrons. The normalized spacial score (nSPS) is 30.1. The summed E-state index contributed by atoms with van der Waals surface area (Å²) in [5.74, 6) is -0.0954. The monoisotopic (exact) mass is 205 g/mol. The molecule has 0 aromatic carbocycles. The van der Waals surface area contributed by atoms with Gasteiger partial charge in [-0.15, -0.1) is 11.6 Å². The van der Waals surface area contributed by atoms with Gasteiger partial charge in [0.1, 0.15) is 0 Å². The van der Waals surface area contributed by atoms with Gasteiger partial charge in [0.25, 0.3) is 0 Å². The molecule has 3 nitrogen and oxygen atoms in total. The van der Waals surface area contributed by atoms with E-state index >= 15 is 0 Å². The number of hydrogen-bond acceptors (Lipinski definition) is 3.